The van der Waals surface area contributed by atoms with Crippen LogP contribution in [0.25, 0.3) is 5.69 Å². The van der Waals surface area contributed by atoms with Crippen LogP contribution in [0.5, 0.6) is 5.75 Å². The molecular formula is C16H14N4O3. The largest absolute Gasteiger partial charge is 0.508 e. The SMILES string of the molecule is Cc1cc(O)ccc1NC(=O)c1nn(-c2ccccc2)c(=O)[nH]1. The maximum Gasteiger partial charge on any atom is 0.348 e. The number of aromatic amines is 1. The van der Waals surface area contributed by atoms with Gasteiger partial charge in [0.15, 0.2) is 0 Å². The molecule has 2 aromatic carbocycles. The molecule has 0 saturated carbocycles. The molecule has 1 amide bonds. The van der Waals surface area contributed by atoms with Gasteiger partial charge in [-0.3, -0.25) is 9.78 Å². The lowest BCUT2D eigenvalue weighted by molar-refractivity contribution is 0.101. The van der Waals surface area contributed by atoms with Crippen molar-refractivity contribution < 1.29 is 9.90 Å². The van der Waals surface area contributed by atoms with Crippen molar-refractivity contribution in [1.29, 1.82) is 0 Å². The van der Waals surface area contributed by atoms with Gasteiger partial charge in [-0.2, -0.15) is 4.68 Å². The number of aryl methyl sites for hydroxylation is 1. The first-order valence-corrected chi connectivity index (χ1v) is 6.90. The normalized spacial score (nSPS) is 10.5. The fourth-order valence-corrected chi connectivity index (χ4v) is 2.14. The molecular weight excluding hydrogens is 296 g/mol. The summed E-state index contributed by atoms with van der Waals surface area (Å²) in [5, 5.41) is 16.0. The zero-order valence-corrected chi connectivity index (χ0v) is 12.3. The van der Waals surface area contributed by atoms with Crippen molar-refractivity contribution in [2.24, 2.45) is 0 Å². The number of amides is 1. The highest BCUT2D eigenvalue weighted by atomic mass is 16.3. The van der Waals surface area contributed by atoms with E-state index in [2.05, 4.69) is 15.4 Å². The minimum Gasteiger partial charge on any atom is -0.508 e. The van der Waals surface area contributed by atoms with E-state index in [0.717, 1.165) is 4.68 Å². The van der Waals surface area contributed by atoms with Crippen molar-refractivity contribution in [2.45, 2.75) is 6.92 Å². The summed E-state index contributed by atoms with van der Waals surface area (Å²) in [4.78, 5) is 26.6. The van der Waals surface area contributed by atoms with E-state index in [1.54, 1.807) is 37.3 Å². The highest BCUT2D eigenvalue weighted by Crippen LogP contribution is 2.20. The number of para-hydroxylation sites is 1. The molecule has 0 atom stereocenters. The third-order valence-electron chi connectivity index (χ3n) is 3.29. The van der Waals surface area contributed by atoms with Gasteiger partial charge < -0.3 is 10.4 Å². The van der Waals surface area contributed by atoms with Gasteiger partial charge in [-0.25, -0.2) is 4.79 Å². The summed E-state index contributed by atoms with van der Waals surface area (Å²) in [7, 11) is 0. The summed E-state index contributed by atoms with van der Waals surface area (Å²) >= 11 is 0. The standard InChI is InChI=1S/C16H14N4O3/c1-10-9-12(21)7-8-13(10)17-15(22)14-18-16(23)20(19-14)11-5-3-2-4-6-11/h2-9,21H,1H3,(H,17,22)(H,18,19,23). The third-order valence-corrected chi connectivity index (χ3v) is 3.29. The fraction of sp³-hybridized carbons (Fsp3) is 0.0625. The molecule has 0 aliphatic carbocycles. The summed E-state index contributed by atoms with van der Waals surface area (Å²) in [5.41, 5.74) is 1.29. The number of H-pyrrole nitrogens is 1. The quantitative estimate of drug-likeness (QED) is 0.642. The maximum absolute atomic E-state index is 12.2. The topological polar surface area (TPSA) is 100 Å². The van der Waals surface area contributed by atoms with Gasteiger partial charge >= 0.3 is 5.69 Å². The van der Waals surface area contributed by atoms with Gasteiger partial charge in [0, 0.05) is 5.69 Å². The van der Waals surface area contributed by atoms with Gasteiger partial charge in [-0.05, 0) is 42.8 Å². The molecule has 0 unspecified atom stereocenters. The van der Waals surface area contributed by atoms with Gasteiger partial charge in [0.05, 0.1) is 5.69 Å². The number of aromatic hydroxyl groups is 1. The Bertz CT molecular complexity index is 913. The molecule has 3 rings (SSSR count). The van der Waals surface area contributed by atoms with Crippen LogP contribution < -0.4 is 11.0 Å². The Labute approximate surface area is 131 Å². The van der Waals surface area contributed by atoms with Crippen LogP contribution in [0.4, 0.5) is 5.69 Å². The first-order valence-electron chi connectivity index (χ1n) is 6.90. The van der Waals surface area contributed by atoms with Crippen molar-refractivity contribution >= 4 is 11.6 Å². The molecule has 0 bridgehead atoms. The predicted octanol–water partition coefficient (Wildman–Crippen LogP) is 1.83. The summed E-state index contributed by atoms with van der Waals surface area (Å²) in [5.74, 6) is -0.515. The first kappa shape index (κ1) is 14.6. The number of phenols is 1. The molecule has 0 radical (unpaired) electrons. The Morgan fingerprint density at radius 1 is 1.22 bits per heavy atom. The van der Waals surface area contributed by atoms with Gasteiger partial charge in [0.25, 0.3) is 5.91 Å². The predicted molar refractivity (Wildman–Crippen MR) is 85.0 cm³/mol. The van der Waals surface area contributed by atoms with E-state index in [9.17, 15) is 14.7 Å². The molecule has 0 aliphatic rings. The molecule has 1 aromatic heterocycles. The van der Waals surface area contributed by atoms with Crippen molar-refractivity contribution in [3.8, 4) is 11.4 Å². The molecule has 1 heterocycles. The summed E-state index contributed by atoms with van der Waals surface area (Å²) in [6.07, 6.45) is 0. The number of benzene rings is 2. The minimum atomic E-state index is -0.537. The number of rotatable bonds is 3. The summed E-state index contributed by atoms with van der Waals surface area (Å²) in [6.45, 7) is 1.75. The van der Waals surface area contributed by atoms with Crippen molar-refractivity contribution in [3.05, 3.63) is 70.4 Å². The molecule has 7 nitrogen and oxygen atoms in total. The summed E-state index contributed by atoms with van der Waals surface area (Å²) < 4.78 is 1.12. The van der Waals surface area contributed by atoms with Crippen LogP contribution in [-0.4, -0.2) is 25.8 Å². The number of phenolic OH excluding ortho intramolecular Hbond substituents is 1. The molecule has 3 aromatic rings. The summed E-state index contributed by atoms with van der Waals surface area (Å²) in [6, 6.07) is 13.4. The molecule has 0 fully saturated rings. The Kier molecular flexibility index (Phi) is 3.68. The molecule has 3 N–H and O–H groups in total. The number of hydrogen-bond acceptors (Lipinski definition) is 4. The Balaban J connectivity index is 1.88. The molecule has 0 aliphatic heterocycles. The smallest absolute Gasteiger partial charge is 0.348 e. The van der Waals surface area contributed by atoms with Crippen LogP contribution in [0, 0.1) is 6.92 Å². The second kappa shape index (κ2) is 5.80. The second-order valence-electron chi connectivity index (χ2n) is 4.98. The van der Waals surface area contributed by atoms with Crippen LogP contribution in [0.3, 0.4) is 0 Å². The number of aromatic nitrogens is 3. The molecule has 7 heteroatoms. The minimum absolute atomic E-state index is 0.0914. The first-order chi connectivity index (χ1) is 11.0. The number of hydrogen-bond donors (Lipinski definition) is 3. The lowest BCUT2D eigenvalue weighted by atomic mass is 10.2. The molecule has 0 spiro atoms. The van der Waals surface area contributed by atoms with Crippen LogP contribution in [0.15, 0.2) is 53.3 Å². The number of carbonyl (C=O) groups excluding carboxylic acids is 1. The van der Waals surface area contributed by atoms with Gasteiger partial charge in [0.1, 0.15) is 5.75 Å². The number of nitrogens with one attached hydrogen (secondary N) is 2. The van der Waals surface area contributed by atoms with Gasteiger partial charge in [0.2, 0.25) is 5.82 Å². The zero-order valence-electron chi connectivity index (χ0n) is 12.3. The monoisotopic (exact) mass is 310 g/mol. The maximum atomic E-state index is 12.2. The highest BCUT2D eigenvalue weighted by Gasteiger charge is 2.15. The Hall–Kier alpha value is -3.35. The van der Waals surface area contributed by atoms with Crippen LogP contribution >= 0.6 is 0 Å². The lowest BCUT2D eigenvalue weighted by Crippen LogP contribution is -2.16. The second-order valence-corrected chi connectivity index (χ2v) is 4.98. The average Bonchev–Trinajstić information content (AvgIpc) is 2.93. The molecule has 23 heavy (non-hydrogen) atoms. The van der Waals surface area contributed by atoms with Crippen molar-refractivity contribution in [2.75, 3.05) is 5.32 Å². The van der Waals surface area contributed by atoms with Gasteiger partial charge in [-0.15, -0.1) is 5.10 Å². The Morgan fingerprint density at radius 3 is 2.65 bits per heavy atom. The zero-order chi connectivity index (χ0) is 16.4. The van der Waals surface area contributed by atoms with Crippen LogP contribution in [0.1, 0.15) is 16.2 Å². The fourth-order valence-electron chi connectivity index (χ4n) is 2.14. The van der Waals surface area contributed by atoms with Crippen molar-refractivity contribution in [1.82, 2.24) is 14.8 Å². The van der Waals surface area contributed by atoms with E-state index in [4.69, 9.17) is 0 Å². The number of anilines is 1. The van der Waals surface area contributed by atoms with Gasteiger partial charge in [-0.1, -0.05) is 18.2 Å². The Morgan fingerprint density at radius 2 is 1.96 bits per heavy atom. The van der Waals surface area contributed by atoms with Crippen LogP contribution in [0.2, 0.25) is 0 Å². The molecule has 0 saturated heterocycles. The van der Waals surface area contributed by atoms with E-state index >= 15 is 0 Å². The van der Waals surface area contributed by atoms with E-state index in [-0.39, 0.29) is 11.6 Å². The van der Waals surface area contributed by atoms with Crippen LogP contribution in [-0.2, 0) is 0 Å². The highest BCUT2D eigenvalue weighted by molar-refractivity contribution is 6.01. The van der Waals surface area contributed by atoms with E-state index in [1.807, 2.05) is 6.07 Å². The van der Waals surface area contributed by atoms with E-state index < -0.39 is 11.6 Å². The number of nitrogens with zero attached hydrogens (tertiary/aromatic N) is 2. The number of carbonyl (C=O) groups is 1. The van der Waals surface area contributed by atoms with Crippen molar-refractivity contribution in [3.63, 3.8) is 0 Å². The van der Waals surface area contributed by atoms with E-state index in [1.165, 1.54) is 12.1 Å². The average molecular weight is 310 g/mol. The molecule has 116 valence electrons. The third kappa shape index (κ3) is 2.98. The van der Waals surface area contributed by atoms with E-state index in [0.29, 0.717) is 16.9 Å². The lowest BCUT2D eigenvalue weighted by Gasteiger charge is -2.06.